The summed E-state index contributed by atoms with van der Waals surface area (Å²) in [4.78, 5) is 19.6. The third kappa shape index (κ3) is 3.03. The van der Waals surface area contributed by atoms with E-state index in [0.717, 1.165) is 33.5 Å². The van der Waals surface area contributed by atoms with Crippen LogP contribution in [0.15, 0.2) is 70.2 Å². The van der Waals surface area contributed by atoms with Gasteiger partial charge in [0.15, 0.2) is 0 Å². The molecule has 0 atom stereocenters. The number of rotatable bonds is 3. The second kappa shape index (κ2) is 6.33. The Bertz CT molecular complexity index is 1110. The first-order chi connectivity index (χ1) is 12.1. The highest BCUT2D eigenvalue weighted by atomic mass is 79.9. The maximum atomic E-state index is 12.4. The van der Waals surface area contributed by atoms with E-state index in [1.165, 1.54) is 5.56 Å². The molecule has 0 radical (unpaired) electrons. The number of halogens is 1. The van der Waals surface area contributed by atoms with Crippen molar-refractivity contribution in [1.82, 2.24) is 14.5 Å². The number of pyridine rings is 1. The van der Waals surface area contributed by atoms with Gasteiger partial charge < -0.3 is 9.55 Å². The van der Waals surface area contributed by atoms with Gasteiger partial charge in [0.2, 0.25) is 0 Å². The van der Waals surface area contributed by atoms with Crippen molar-refractivity contribution in [3.8, 4) is 11.3 Å². The fourth-order valence-electron chi connectivity index (χ4n) is 2.96. The number of benzene rings is 2. The van der Waals surface area contributed by atoms with E-state index < -0.39 is 0 Å². The standard InChI is InChI=1S/C20H16BrN3O/c1-13-22-9-10-24(13)12-14-5-7-15(8-6-14)19-11-17-16(20(25)23-19)3-2-4-18(17)21/h2-11H,12H2,1H3,(H,23,25). The van der Waals surface area contributed by atoms with Crippen LogP contribution in [0, 0.1) is 6.92 Å². The molecule has 2 heterocycles. The number of aromatic amines is 1. The number of imidazole rings is 1. The number of aromatic nitrogens is 3. The number of fused-ring (bicyclic) bond motifs is 1. The number of nitrogens with one attached hydrogen (secondary N) is 1. The van der Waals surface area contributed by atoms with Gasteiger partial charge in [0, 0.05) is 39.9 Å². The zero-order chi connectivity index (χ0) is 17.4. The Hall–Kier alpha value is -2.66. The molecule has 0 unspecified atom stereocenters. The van der Waals surface area contributed by atoms with Crippen molar-refractivity contribution in [2.75, 3.05) is 0 Å². The van der Waals surface area contributed by atoms with Crippen molar-refractivity contribution in [2.24, 2.45) is 0 Å². The summed E-state index contributed by atoms with van der Waals surface area (Å²) < 4.78 is 3.02. The second-order valence-electron chi connectivity index (χ2n) is 6.01. The van der Waals surface area contributed by atoms with Crippen LogP contribution in [0.4, 0.5) is 0 Å². The molecule has 2 aromatic carbocycles. The van der Waals surface area contributed by atoms with E-state index in [2.05, 4.69) is 42.6 Å². The minimum Gasteiger partial charge on any atom is -0.331 e. The Balaban J connectivity index is 1.70. The van der Waals surface area contributed by atoms with Crippen molar-refractivity contribution in [2.45, 2.75) is 13.5 Å². The fraction of sp³-hybridized carbons (Fsp3) is 0.100. The first kappa shape index (κ1) is 15.8. The van der Waals surface area contributed by atoms with E-state index in [4.69, 9.17) is 0 Å². The molecule has 4 aromatic rings. The lowest BCUT2D eigenvalue weighted by atomic mass is 10.1. The predicted octanol–water partition coefficient (Wildman–Crippen LogP) is 4.51. The molecular weight excluding hydrogens is 378 g/mol. The van der Waals surface area contributed by atoms with E-state index in [-0.39, 0.29) is 5.56 Å². The quantitative estimate of drug-likeness (QED) is 0.556. The van der Waals surface area contributed by atoms with Crippen LogP contribution < -0.4 is 5.56 Å². The fourth-order valence-corrected chi connectivity index (χ4v) is 3.45. The normalized spacial score (nSPS) is 11.1. The summed E-state index contributed by atoms with van der Waals surface area (Å²) in [7, 11) is 0. The highest BCUT2D eigenvalue weighted by Crippen LogP contribution is 2.26. The van der Waals surface area contributed by atoms with Crippen molar-refractivity contribution in [3.63, 3.8) is 0 Å². The SMILES string of the molecule is Cc1nccn1Cc1ccc(-c2cc3c(Br)cccc3c(=O)[nH]2)cc1. The zero-order valence-electron chi connectivity index (χ0n) is 13.7. The largest absolute Gasteiger partial charge is 0.331 e. The molecule has 2 aromatic heterocycles. The summed E-state index contributed by atoms with van der Waals surface area (Å²) in [5.74, 6) is 0.993. The molecule has 0 aliphatic heterocycles. The van der Waals surface area contributed by atoms with Crippen molar-refractivity contribution < 1.29 is 0 Å². The van der Waals surface area contributed by atoms with Crippen molar-refractivity contribution >= 4 is 26.7 Å². The number of hydrogen-bond acceptors (Lipinski definition) is 2. The summed E-state index contributed by atoms with van der Waals surface area (Å²) in [6.45, 7) is 2.78. The van der Waals surface area contributed by atoms with Gasteiger partial charge in [0.1, 0.15) is 5.82 Å². The molecule has 0 aliphatic carbocycles. The molecule has 0 aliphatic rings. The third-order valence-corrected chi connectivity index (χ3v) is 5.07. The smallest absolute Gasteiger partial charge is 0.256 e. The lowest BCUT2D eigenvalue weighted by Gasteiger charge is -2.08. The molecule has 4 rings (SSSR count). The average Bonchev–Trinajstić information content (AvgIpc) is 3.01. The molecule has 0 amide bonds. The van der Waals surface area contributed by atoms with Crippen LogP contribution in [0.25, 0.3) is 22.0 Å². The molecule has 5 heteroatoms. The first-order valence-corrected chi connectivity index (χ1v) is 8.80. The highest BCUT2D eigenvalue weighted by Gasteiger charge is 2.07. The van der Waals surface area contributed by atoms with Gasteiger partial charge in [-0.2, -0.15) is 0 Å². The molecule has 0 saturated heterocycles. The Labute approximate surface area is 153 Å². The predicted molar refractivity (Wildman–Crippen MR) is 104 cm³/mol. The van der Waals surface area contributed by atoms with Gasteiger partial charge in [0.05, 0.1) is 0 Å². The molecule has 25 heavy (non-hydrogen) atoms. The zero-order valence-corrected chi connectivity index (χ0v) is 15.2. The average molecular weight is 394 g/mol. The van der Waals surface area contributed by atoms with Gasteiger partial charge in [-0.15, -0.1) is 0 Å². The minimum absolute atomic E-state index is 0.0769. The monoisotopic (exact) mass is 393 g/mol. The number of H-pyrrole nitrogens is 1. The van der Waals surface area contributed by atoms with Gasteiger partial charge in [-0.25, -0.2) is 4.98 Å². The van der Waals surface area contributed by atoms with Crippen LogP contribution in [0.1, 0.15) is 11.4 Å². The van der Waals surface area contributed by atoms with Gasteiger partial charge >= 0.3 is 0 Å². The summed E-state index contributed by atoms with van der Waals surface area (Å²) in [5, 5.41) is 1.60. The Kier molecular flexibility index (Phi) is 4.01. The van der Waals surface area contributed by atoms with E-state index in [0.29, 0.717) is 5.39 Å². The Morgan fingerprint density at radius 2 is 1.92 bits per heavy atom. The van der Waals surface area contributed by atoms with Crippen LogP contribution in [-0.4, -0.2) is 14.5 Å². The molecule has 0 spiro atoms. The second-order valence-corrected chi connectivity index (χ2v) is 6.87. The first-order valence-electron chi connectivity index (χ1n) is 8.00. The Morgan fingerprint density at radius 1 is 1.12 bits per heavy atom. The number of aryl methyl sites for hydroxylation is 1. The van der Waals surface area contributed by atoms with Gasteiger partial charge in [0.25, 0.3) is 5.56 Å². The van der Waals surface area contributed by atoms with Crippen molar-refractivity contribution in [3.05, 3.63) is 87.1 Å². The minimum atomic E-state index is -0.0769. The molecule has 4 nitrogen and oxygen atoms in total. The van der Waals surface area contributed by atoms with E-state index >= 15 is 0 Å². The van der Waals surface area contributed by atoms with Crippen LogP contribution in [0.3, 0.4) is 0 Å². The molecule has 124 valence electrons. The molecule has 0 bridgehead atoms. The maximum Gasteiger partial charge on any atom is 0.256 e. The Morgan fingerprint density at radius 3 is 2.64 bits per heavy atom. The summed E-state index contributed by atoms with van der Waals surface area (Å²) in [5.41, 5.74) is 2.91. The molecular formula is C20H16BrN3O. The third-order valence-electron chi connectivity index (χ3n) is 4.38. The van der Waals surface area contributed by atoms with Crippen molar-refractivity contribution in [1.29, 1.82) is 0 Å². The molecule has 0 fully saturated rings. The van der Waals surface area contributed by atoms with Crippen LogP contribution >= 0.6 is 15.9 Å². The highest BCUT2D eigenvalue weighted by molar-refractivity contribution is 9.10. The maximum absolute atomic E-state index is 12.4. The van der Waals surface area contributed by atoms with Gasteiger partial charge in [-0.3, -0.25) is 4.79 Å². The summed E-state index contributed by atoms with van der Waals surface area (Å²) in [6.07, 6.45) is 3.78. The lowest BCUT2D eigenvalue weighted by Crippen LogP contribution is -2.07. The number of nitrogens with zero attached hydrogens (tertiary/aromatic N) is 2. The molecule has 0 saturated carbocycles. The van der Waals surface area contributed by atoms with Gasteiger partial charge in [-0.1, -0.05) is 46.3 Å². The molecule has 1 N–H and O–H groups in total. The topological polar surface area (TPSA) is 50.7 Å². The summed E-state index contributed by atoms with van der Waals surface area (Å²) in [6, 6.07) is 15.9. The van der Waals surface area contributed by atoms with Crippen LogP contribution in [-0.2, 0) is 6.54 Å². The van der Waals surface area contributed by atoms with E-state index in [1.807, 2.05) is 49.5 Å². The van der Waals surface area contributed by atoms with Crippen LogP contribution in [0.5, 0.6) is 0 Å². The number of hydrogen-bond donors (Lipinski definition) is 1. The van der Waals surface area contributed by atoms with Gasteiger partial charge in [-0.05, 0) is 36.2 Å². The van der Waals surface area contributed by atoms with Crippen LogP contribution in [0.2, 0.25) is 0 Å². The van der Waals surface area contributed by atoms with E-state index in [1.54, 1.807) is 6.20 Å². The lowest BCUT2D eigenvalue weighted by molar-refractivity contribution is 0.762. The van der Waals surface area contributed by atoms with E-state index in [9.17, 15) is 4.79 Å². The summed E-state index contributed by atoms with van der Waals surface area (Å²) >= 11 is 3.53.